The Kier molecular flexibility index (Phi) is 5.03. The van der Waals surface area contributed by atoms with E-state index in [9.17, 15) is 4.79 Å². The third-order valence-electron chi connectivity index (χ3n) is 2.74. The van der Waals surface area contributed by atoms with Crippen molar-refractivity contribution >= 4 is 40.4 Å². The molecule has 1 amide bonds. The Morgan fingerprint density at radius 3 is 2.29 bits per heavy atom. The topological polar surface area (TPSA) is 60.4 Å². The minimum absolute atomic E-state index is 0.131. The van der Waals surface area contributed by atoms with Crippen LogP contribution in [0, 0.1) is 0 Å². The summed E-state index contributed by atoms with van der Waals surface area (Å²) in [7, 11) is 4.61. The van der Waals surface area contributed by atoms with Crippen LogP contribution in [0.2, 0.25) is 0 Å². The van der Waals surface area contributed by atoms with Gasteiger partial charge in [0.1, 0.15) is 0 Å². The second-order valence-electron chi connectivity index (χ2n) is 3.96. The third kappa shape index (κ3) is 3.27. The van der Waals surface area contributed by atoms with Crippen molar-refractivity contribution in [2.45, 2.75) is 0 Å². The molecule has 1 aliphatic rings. The van der Waals surface area contributed by atoms with E-state index in [1.54, 1.807) is 12.1 Å². The fraction of sp³-hybridized carbons (Fsp3) is 0.308. The summed E-state index contributed by atoms with van der Waals surface area (Å²) in [6, 6.07) is 3.48. The molecule has 21 heavy (non-hydrogen) atoms. The van der Waals surface area contributed by atoms with Crippen LogP contribution in [0.15, 0.2) is 17.2 Å². The van der Waals surface area contributed by atoms with Crippen molar-refractivity contribution < 1.29 is 19.0 Å². The van der Waals surface area contributed by atoms with Gasteiger partial charge in [0, 0.05) is 5.56 Å². The average molecular weight is 326 g/mol. The Morgan fingerprint density at radius 1 is 1.24 bits per heavy atom. The predicted molar refractivity (Wildman–Crippen MR) is 85.6 cm³/mol. The zero-order chi connectivity index (χ0) is 15.4. The lowest BCUT2D eigenvalue weighted by Crippen LogP contribution is -2.22. The largest absolute Gasteiger partial charge is 0.493 e. The molecule has 0 radical (unpaired) electrons. The number of benzene rings is 1. The molecule has 2 rings (SSSR count). The number of hydrogen-bond acceptors (Lipinski definition) is 7. The number of hydrazone groups is 1. The fourth-order valence-electron chi connectivity index (χ4n) is 1.76. The minimum atomic E-state index is -0.131. The third-order valence-corrected chi connectivity index (χ3v) is 4.08. The number of carbonyl (C=O) groups excluding carboxylic acids is 1. The molecule has 0 bridgehead atoms. The van der Waals surface area contributed by atoms with Crippen molar-refractivity contribution in [2.75, 3.05) is 27.1 Å². The number of nitrogens with zero attached hydrogens (tertiary/aromatic N) is 2. The molecule has 1 aromatic rings. The molecule has 0 aromatic heterocycles. The Labute approximate surface area is 132 Å². The normalized spacial score (nSPS) is 14.9. The van der Waals surface area contributed by atoms with E-state index in [0.717, 1.165) is 0 Å². The van der Waals surface area contributed by atoms with Crippen molar-refractivity contribution in [3.05, 3.63) is 17.7 Å². The van der Waals surface area contributed by atoms with Gasteiger partial charge in [-0.3, -0.25) is 4.79 Å². The molecule has 1 aromatic carbocycles. The van der Waals surface area contributed by atoms with Crippen LogP contribution in [0.25, 0.3) is 0 Å². The number of amides is 1. The van der Waals surface area contributed by atoms with Gasteiger partial charge in [0.05, 0.1) is 33.3 Å². The molecule has 0 saturated carbocycles. The lowest BCUT2D eigenvalue weighted by Gasteiger charge is -2.13. The Bertz CT molecular complexity index is 563. The van der Waals surface area contributed by atoms with Crippen LogP contribution >= 0.6 is 24.0 Å². The summed E-state index contributed by atoms with van der Waals surface area (Å²) in [6.45, 7) is 0. The molecule has 0 spiro atoms. The Balaban J connectivity index is 2.32. The molecule has 112 valence electrons. The summed E-state index contributed by atoms with van der Waals surface area (Å²) < 4.78 is 16.2. The molecule has 1 heterocycles. The number of ether oxygens (including phenoxy) is 3. The first-order chi connectivity index (χ1) is 10.1. The molecule has 1 saturated heterocycles. The molecule has 6 nitrogen and oxygen atoms in total. The Morgan fingerprint density at radius 2 is 1.86 bits per heavy atom. The van der Waals surface area contributed by atoms with Gasteiger partial charge in [-0.25, -0.2) is 0 Å². The SMILES string of the molecule is COc1cc(/C=N\N2C(=O)CSC2=S)cc(OC)c1OC. The van der Waals surface area contributed by atoms with Gasteiger partial charge < -0.3 is 14.2 Å². The summed E-state index contributed by atoms with van der Waals surface area (Å²) in [5.41, 5.74) is 0.706. The second kappa shape index (κ2) is 6.77. The lowest BCUT2D eigenvalue weighted by atomic mass is 10.2. The summed E-state index contributed by atoms with van der Waals surface area (Å²) in [5, 5.41) is 5.32. The van der Waals surface area contributed by atoms with Crippen LogP contribution in [-0.2, 0) is 4.79 Å². The van der Waals surface area contributed by atoms with E-state index < -0.39 is 0 Å². The first-order valence-corrected chi connectivity index (χ1v) is 7.33. The number of hydrogen-bond donors (Lipinski definition) is 0. The van der Waals surface area contributed by atoms with Crippen LogP contribution in [0.3, 0.4) is 0 Å². The number of methoxy groups -OCH3 is 3. The maximum Gasteiger partial charge on any atom is 0.259 e. The monoisotopic (exact) mass is 326 g/mol. The van der Waals surface area contributed by atoms with E-state index >= 15 is 0 Å². The molecule has 1 aliphatic heterocycles. The molecule has 0 unspecified atom stereocenters. The Hall–Kier alpha value is -1.80. The lowest BCUT2D eigenvalue weighted by molar-refractivity contribution is -0.123. The van der Waals surface area contributed by atoms with Crippen LogP contribution < -0.4 is 14.2 Å². The van der Waals surface area contributed by atoms with Crippen LogP contribution in [-0.4, -0.2) is 48.5 Å². The highest BCUT2D eigenvalue weighted by Crippen LogP contribution is 2.37. The van der Waals surface area contributed by atoms with Gasteiger partial charge in [0.2, 0.25) is 5.75 Å². The van der Waals surface area contributed by atoms with E-state index in [0.29, 0.717) is 32.9 Å². The van der Waals surface area contributed by atoms with Gasteiger partial charge in [-0.2, -0.15) is 10.1 Å². The van der Waals surface area contributed by atoms with E-state index in [-0.39, 0.29) is 5.91 Å². The maximum atomic E-state index is 11.6. The highest BCUT2D eigenvalue weighted by molar-refractivity contribution is 8.23. The van der Waals surface area contributed by atoms with Gasteiger partial charge in [-0.1, -0.05) is 24.0 Å². The van der Waals surface area contributed by atoms with Crippen LogP contribution in [0.4, 0.5) is 0 Å². The number of rotatable bonds is 5. The molecule has 1 fully saturated rings. The van der Waals surface area contributed by atoms with Crippen LogP contribution in [0.5, 0.6) is 17.2 Å². The minimum Gasteiger partial charge on any atom is -0.493 e. The van der Waals surface area contributed by atoms with E-state index in [2.05, 4.69) is 5.10 Å². The van der Waals surface area contributed by atoms with Crippen molar-refractivity contribution in [2.24, 2.45) is 5.10 Å². The first kappa shape index (κ1) is 15.6. The fourth-order valence-corrected chi connectivity index (χ4v) is 2.73. The maximum absolute atomic E-state index is 11.6. The predicted octanol–water partition coefficient (Wildman–Crippen LogP) is 1.91. The molecular weight excluding hydrogens is 312 g/mol. The summed E-state index contributed by atoms with van der Waals surface area (Å²) >= 11 is 6.35. The standard InChI is InChI=1S/C13H14N2O4S2/c1-17-9-4-8(5-10(18-2)12(9)19-3)6-14-15-11(16)7-21-13(15)20/h4-6H,7H2,1-3H3/b14-6-. The van der Waals surface area contributed by atoms with Crippen molar-refractivity contribution in [1.29, 1.82) is 0 Å². The zero-order valence-corrected chi connectivity index (χ0v) is 13.4. The second-order valence-corrected chi connectivity index (χ2v) is 5.57. The summed E-state index contributed by atoms with van der Waals surface area (Å²) in [4.78, 5) is 11.6. The summed E-state index contributed by atoms with van der Waals surface area (Å²) in [6.07, 6.45) is 1.53. The number of thiocarbonyl (C=S) groups is 1. The summed E-state index contributed by atoms with van der Waals surface area (Å²) in [5.74, 6) is 1.73. The van der Waals surface area contributed by atoms with E-state index in [1.165, 1.54) is 44.3 Å². The van der Waals surface area contributed by atoms with E-state index in [4.69, 9.17) is 26.4 Å². The van der Waals surface area contributed by atoms with Crippen LogP contribution in [0.1, 0.15) is 5.56 Å². The van der Waals surface area contributed by atoms with E-state index in [1.807, 2.05) is 0 Å². The van der Waals surface area contributed by atoms with Crippen molar-refractivity contribution in [3.8, 4) is 17.2 Å². The first-order valence-electron chi connectivity index (χ1n) is 5.94. The number of thioether (sulfide) groups is 1. The molecule has 8 heteroatoms. The average Bonchev–Trinajstić information content (AvgIpc) is 2.82. The molecular formula is C13H14N2O4S2. The van der Waals surface area contributed by atoms with Gasteiger partial charge in [-0.05, 0) is 12.1 Å². The van der Waals surface area contributed by atoms with Crippen molar-refractivity contribution in [3.63, 3.8) is 0 Å². The van der Waals surface area contributed by atoms with Crippen molar-refractivity contribution in [1.82, 2.24) is 5.01 Å². The molecule has 0 aliphatic carbocycles. The van der Waals surface area contributed by atoms with Gasteiger partial charge in [0.15, 0.2) is 15.8 Å². The zero-order valence-electron chi connectivity index (χ0n) is 11.8. The molecule has 0 N–H and O–H groups in total. The van der Waals surface area contributed by atoms with Gasteiger partial charge in [0.25, 0.3) is 5.91 Å². The highest BCUT2D eigenvalue weighted by Gasteiger charge is 2.26. The highest BCUT2D eigenvalue weighted by atomic mass is 32.2. The number of carbonyl (C=O) groups is 1. The smallest absolute Gasteiger partial charge is 0.259 e. The quantitative estimate of drug-likeness (QED) is 0.608. The van der Waals surface area contributed by atoms with Gasteiger partial charge >= 0.3 is 0 Å². The van der Waals surface area contributed by atoms with Gasteiger partial charge in [-0.15, -0.1) is 0 Å². The molecule has 0 atom stereocenters.